The SMILES string of the molecule is CCNC(=NCc1nccn1CC(C)C)NC(C)c1ccc(OC)c(F)c1.I. The van der Waals surface area contributed by atoms with Crippen molar-refractivity contribution in [1.29, 1.82) is 0 Å². The number of methoxy groups -OCH3 is 1. The van der Waals surface area contributed by atoms with E-state index in [1.54, 1.807) is 12.3 Å². The summed E-state index contributed by atoms with van der Waals surface area (Å²) < 4.78 is 21.1. The summed E-state index contributed by atoms with van der Waals surface area (Å²) in [6, 6.07) is 4.85. The van der Waals surface area contributed by atoms with Crippen LogP contribution in [0.1, 0.15) is 45.1 Å². The van der Waals surface area contributed by atoms with Gasteiger partial charge in [0.1, 0.15) is 12.4 Å². The molecule has 2 rings (SSSR count). The molecule has 2 N–H and O–H groups in total. The first kappa shape index (κ1) is 24.2. The van der Waals surface area contributed by atoms with E-state index in [1.165, 1.54) is 13.2 Å². The van der Waals surface area contributed by atoms with Gasteiger partial charge in [0, 0.05) is 25.5 Å². The zero-order chi connectivity index (χ0) is 19.8. The standard InChI is InChI=1S/C20H30FN5O.HI/c1-6-22-20(24-12-19-23-9-10-26(19)13-14(2)3)25-15(4)16-7-8-18(27-5)17(21)11-16;/h7-11,14-15H,6,12-13H2,1-5H3,(H2,22,24,25);1H. The quantitative estimate of drug-likeness (QED) is 0.323. The second-order valence-electron chi connectivity index (χ2n) is 6.84. The third kappa shape index (κ3) is 6.96. The fourth-order valence-corrected chi connectivity index (χ4v) is 2.76. The Bertz CT molecular complexity index is 763. The molecule has 0 saturated heterocycles. The van der Waals surface area contributed by atoms with Crippen molar-refractivity contribution in [2.24, 2.45) is 10.9 Å². The molecular formula is C20H31FIN5O. The third-order valence-electron chi connectivity index (χ3n) is 4.12. The van der Waals surface area contributed by atoms with Gasteiger partial charge >= 0.3 is 0 Å². The van der Waals surface area contributed by atoms with Crippen LogP contribution in [0.5, 0.6) is 5.75 Å². The molecule has 1 unspecified atom stereocenters. The number of guanidine groups is 1. The number of halogens is 2. The summed E-state index contributed by atoms with van der Waals surface area (Å²) in [5, 5.41) is 6.54. The maximum Gasteiger partial charge on any atom is 0.192 e. The highest BCUT2D eigenvalue weighted by molar-refractivity contribution is 14.0. The number of aromatic nitrogens is 2. The fourth-order valence-electron chi connectivity index (χ4n) is 2.76. The zero-order valence-electron chi connectivity index (χ0n) is 17.2. The smallest absolute Gasteiger partial charge is 0.192 e. The van der Waals surface area contributed by atoms with Gasteiger partial charge in [0.2, 0.25) is 0 Å². The van der Waals surface area contributed by atoms with Gasteiger partial charge in [-0.25, -0.2) is 14.4 Å². The predicted octanol–water partition coefficient (Wildman–Crippen LogP) is 4.12. The molecule has 0 saturated carbocycles. The lowest BCUT2D eigenvalue weighted by molar-refractivity contribution is 0.386. The van der Waals surface area contributed by atoms with Crippen LogP contribution in [-0.2, 0) is 13.1 Å². The molecule has 1 heterocycles. The van der Waals surface area contributed by atoms with Crippen LogP contribution in [0.3, 0.4) is 0 Å². The summed E-state index contributed by atoms with van der Waals surface area (Å²) in [6.07, 6.45) is 3.78. The van der Waals surface area contributed by atoms with Crippen LogP contribution in [0.15, 0.2) is 35.6 Å². The van der Waals surface area contributed by atoms with Crippen molar-refractivity contribution in [2.75, 3.05) is 13.7 Å². The van der Waals surface area contributed by atoms with Crippen molar-refractivity contribution in [3.63, 3.8) is 0 Å². The lowest BCUT2D eigenvalue weighted by atomic mass is 10.1. The topological polar surface area (TPSA) is 63.5 Å². The zero-order valence-corrected chi connectivity index (χ0v) is 19.5. The van der Waals surface area contributed by atoms with Gasteiger partial charge in [0.25, 0.3) is 0 Å². The molecule has 0 radical (unpaired) electrons. The van der Waals surface area contributed by atoms with Crippen molar-refractivity contribution >= 4 is 29.9 Å². The summed E-state index contributed by atoms with van der Waals surface area (Å²) in [6.45, 7) is 10.4. The van der Waals surface area contributed by atoms with Gasteiger partial charge < -0.3 is 19.9 Å². The molecule has 0 bridgehead atoms. The Morgan fingerprint density at radius 1 is 1.32 bits per heavy atom. The van der Waals surface area contributed by atoms with Crippen LogP contribution in [0, 0.1) is 11.7 Å². The second-order valence-corrected chi connectivity index (χ2v) is 6.84. The van der Waals surface area contributed by atoms with E-state index in [0.29, 0.717) is 18.4 Å². The number of aliphatic imine (C=N–C) groups is 1. The molecule has 0 aliphatic carbocycles. The molecule has 0 amide bonds. The van der Waals surface area contributed by atoms with E-state index in [2.05, 4.69) is 39.0 Å². The average molecular weight is 503 g/mol. The minimum Gasteiger partial charge on any atom is -0.494 e. The lowest BCUT2D eigenvalue weighted by Gasteiger charge is -2.19. The molecule has 1 aromatic heterocycles. The van der Waals surface area contributed by atoms with E-state index in [1.807, 2.05) is 26.1 Å². The monoisotopic (exact) mass is 503 g/mol. The maximum atomic E-state index is 14.0. The van der Waals surface area contributed by atoms with Crippen LogP contribution in [0.4, 0.5) is 4.39 Å². The molecule has 1 atom stereocenters. The predicted molar refractivity (Wildman–Crippen MR) is 122 cm³/mol. The van der Waals surface area contributed by atoms with E-state index in [0.717, 1.165) is 24.5 Å². The minimum absolute atomic E-state index is 0. The number of hydrogen-bond acceptors (Lipinski definition) is 3. The number of benzene rings is 1. The molecule has 0 spiro atoms. The number of nitrogens with one attached hydrogen (secondary N) is 2. The Morgan fingerprint density at radius 3 is 2.68 bits per heavy atom. The second kappa shape index (κ2) is 11.9. The normalized spacial score (nSPS) is 12.5. The highest BCUT2D eigenvalue weighted by Crippen LogP contribution is 2.21. The number of rotatable bonds is 8. The maximum absolute atomic E-state index is 14.0. The van der Waals surface area contributed by atoms with Crippen molar-refractivity contribution in [2.45, 2.75) is 46.8 Å². The van der Waals surface area contributed by atoms with Gasteiger partial charge in [-0.1, -0.05) is 19.9 Å². The van der Waals surface area contributed by atoms with Gasteiger partial charge in [-0.3, -0.25) is 0 Å². The Balaban J connectivity index is 0.00000392. The highest BCUT2D eigenvalue weighted by Gasteiger charge is 2.12. The molecule has 0 fully saturated rings. The van der Waals surface area contributed by atoms with E-state index < -0.39 is 0 Å². The van der Waals surface area contributed by atoms with Crippen LogP contribution in [-0.4, -0.2) is 29.2 Å². The number of ether oxygens (including phenoxy) is 1. The van der Waals surface area contributed by atoms with Crippen molar-refractivity contribution in [3.05, 3.63) is 47.8 Å². The van der Waals surface area contributed by atoms with Crippen LogP contribution >= 0.6 is 24.0 Å². The first-order valence-electron chi connectivity index (χ1n) is 9.32. The molecular weight excluding hydrogens is 472 g/mol. The first-order chi connectivity index (χ1) is 12.9. The number of nitrogens with zero attached hydrogens (tertiary/aromatic N) is 3. The number of hydrogen-bond donors (Lipinski definition) is 2. The van der Waals surface area contributed by atoms with Gasteiger partial charge in [-0.15, -0.1) is 24.0 Å². The van der Waals surface area contributed by atoms with Crippen molar-refractivity contribution < 1.29 is 9.13 Å². The molecule has 1 aromatic carbocycles. The Hall–Kier alpha value is -1.84. The van der Waals surface area contributed by atoms with Gasteiger partial charge in [0.15, 0.2) is 17.5 Å². The molecule has 28 heavy (non-hydrogen) atoms. The molecule has 0 aliphatic heterocycles. The summed E-state index contributed by atoms with van der Waals surface area (Å²) in [4.78, 5) is 9.04. The fraction of sp³-hybridized carbons (Fsp3) is 0.500. The average Bonchev–Trinajstić information content (AvgIpc) is 3.06. The highest BCUT2D eigenvalue weighted by atomic mass is 127. The van der Waals surface area contributed by atoms with Crippen LogP contribution in [0.25, 0.3) is 0 Å². The van der Waals surface area contributed by atoms with Crippen molar-refractivity contribution in [1.82, 2.24) is 20.2 Å². The summed E-state index contributed by atoms with van der Waals surface area (Å²) in [7, 11) is 1.46. The first-order valence-corrected chi connectivity index (χ1v) is 9.32. The Kier molecular flexibility index (Phi) is 10.3. The Morgan fingerprint density at radius 2 is 2.07 bits per heavy atom. The van der Waals surface area contributed by atoms with Gasteiger partial charge in [-0.2, -0.15) is 0 Å². The van der Waals surface area contributed by atoms with Crippen LogP contribution in [0.2, 0.25) is 0 Å². The summed E-state index contributed by atoms with van der Waals surface area (Å²) in [5.41, 5.74) is 0.820. The Labute approximate surface area is 184 Å². The minimum atomic E-state index is -0.374. The number of imidazole rings is 1. The van der Waals surface area contributed by atoms with E-state index in [-0.39, 0.29) is 41.6 Å². The molecule has 2 aromatic rings. The van der Waals surface area contributed by atoms with Crippen molar-refractivity contribution in [3.8, 4) is 5.75 Å². The largest absolute Gasteiger partial charge is 0.494 e. The van der Waals surface area contributed by atoms with Crippen LogP contribution < -0.4 is 15.4 Å². The lowest BCUT2D eigenvalue weighted by Crippen LogP contribution is -2.38. The molecule has 156 valence electrons. The van der Waals surface area contributed by atoms with E-state index >= 15 is 0 Å². The summed E-state index contributed by atoms with van der Waals surface area (Å²) >= 11 is 0. The summed E-state index contributed by atoms with van der Waals surface area (Å²) in [5.74, 6) is 1.99. The van der Waals surface area contributed by atoms with E-state index in [9.17, 15) is 4.39 Å². The molecule has 8 heteroatoms. The van der Waals surface area contributed by atoms with E-state index in [4.69, 9.17) is 4.74 Å². The van der Waals surface area contributed by atoms with Gasteiger partial charge in [-0.05, 0) is 37.5 Å². The van der Waals surface area contributed by atoms with Gasteiger partial charge in [0.05, 0.1) is 13.2 Å². The molecule has 6 nitrogen and oxygen atoms in total. The molecule has 0 aliphatic rings. The third-order valence-corrected chi connectivity index (χ3v) is 4.12.